The van der Waals surface area contributed by atoms with Gasteiger partial charge in [-0.05, 0) is 58.8 Å². The lowest BCUT2D eigenvalue weighted by Crippen LogP contribution is -2.20. The van der Waals surface area contributed by atoms with Crippen molar-refractivity contribution >= 4 is 34.2 Å². The maximum Gasteiger partial charge on any atom is 0.271 e. The van der Waals surface area contributed by atoms with Crippen LogP contribution in [0, 0.1) is 3.57 Å². The van der Waals surface area contributed by atoms with Gasteiger partial charge in [0.25, 0.3) is 5.91 Å². The molecule has 0 saturated heterocycles. The molecule has 2 aromatic rings. The van der Waals surface area contributed by atoms with Crippen LogP contribution in [-0.4, -0.2) is 16.6 Å². The number of hydrazone groups is 1. The van der Waals surface area contributed by atoms with Crippen LogP contribution < -0.4 is 5.43 Å². The van der Waals surface area contributed by atoms with Crippen LogP contribution in [0.1, 0.15) is 29.3 Å². The fraction of sp³-hybridized carbons (Fsp3) is 0.133. The molecule has 1 aromatic carbocycles. The molecule has 0 aliphatic rings. The van der Waals surface area contributed by atoms with Crippen molar-refractivity contribution in [1.29, 1.82) is 0 Å². The Kier molecular flexibility index (Phi) is 5.23. The van der Waals surface area contributed by atoms with Crippen LogP contribution >= 0.6 is 22.6 Å². The molecule has 0 unspecified atom stereocenters. The van der Waals surface area contributed by atoms with E-state index in [1.807, 2.05) is 31.2 Å². The summed E-state index contributed by atoms with van der Waals surface area (Å²) < 4.78 is 1.17. The standard InChI is InChI=1S/C15H14IN3O/c1-2-14(11-3-5-13(16)6-4-11)18-19-15(20)12-7-9-17-10-8-12/h3-10H,2H2,1H3,(H,19,20). The van der Waals surface area contributed by atoms with E-state index in [9.17, 15) is 4.79 Å². The van der Waals surface area contributed by atoms with Crippen LogP contribution in [0.15, 0.2) is 53.9 Å². The second-order valence-electron chi connectivity index (χ2n) is 4.10. The first-order valence-electron chi connectivity index (χ1n) is 6.23. The topological polar surface area (TPSA) is 54.4 Å². The first-order chi connectivity index (χ1) is 9.70. The maximum absolute atomic E-state index is 11.9. The summed E-state index contributed by atoms with van der Waals surface area (Å²) in [5.41, 5.74) is 4.99. The van der Waals surface area contributed by atoms with Crippen LogP contribution in [0.2, 0.25) is 0 Å². The number of carbonyl (C=O) groups is 1. The normalized spacial score (nSPS) is 11.2. The Hall–Kier alpha value is -1.76. The molecule has 0 radical (unpaired) electrons. The van der Waals surface area contributed by atoms with Gasteiger partial charge in [0.05, 0.1) is 5.71 Å². The van der Waals surface area contributed by atoms with Crippen molar-refractivity contribution < 1.29 is 4.79 Å². The Balaban J connectivity index is 2.12. The average Bonchev–Trinajstić information content (AvgIpc) is 2.50. The summed E-state index contributed by atoms with van der Waals surface area (Å²) in [7, 11) is 0. The van der Waals surface area contributed by atoms with Gasteiger partial charge in [-0.1, -0.05) is 19.1 Å². The number of amides is 1. The number of pyridine rings is 1. The van der Waals surface area contributed by atoms with Crippen LogP contribution in [0.3, 0.4) is 0 Å². The Morgan fingerprint density at radius 3 is 2.40 bits per heavy atom. The molecule has 102 valence electrons. The van der Waals surface area contributed by atoms with E-state index in [2.05, 4.69) is 38.1 Å². The number of halogens is 1. The van der Waals surface area contributed by atoms with E-state index < -0.39 is 0 Å². The fourth-order valence-corrected chi connectivity index (χ4v) is 2.04. The number of nitrogens with zero attached hydrogens (tertiary/aromatic N) is 2. The predicted molar refractivity (Wildman–Crippen MR) is 87.7 cm³/mol. The molecule has 2 rings (SSSR count). The quantitative estimate of drug-likeness (QED) is 0.504. The van der Waals surface area contributed by atoms with Gasteiger partial charge in [0.2, 0.25) is 0 Å². The third kappa shape index (κ3) is 3.86. The molecule has 0 aliphatic heterocycles. The van der Waals surface area contributed by atoms with E-state index >= 15 is 0 Å². The van der Waals surface area contributed by atoms with E-state index in [0.29, 0.717) is 5.56 Å². The summed E-state index contributed by atoms with van der Waals surface area (Å²) in [6.07, 6.45) is 3.91. The van der Waals surface area contributed by atoms with Gasteiger partial charge in [0.15, 0.2) is 0 Å². The molecule has 1 heterocycles. The monoisotopic (exact) mass is 379 g/mol. The maximum atomic E-state index is 11.9. The number of benzene rings is 1. The van der Waals surface area contributed by atoms with Crippen molar-refractivity contribution in [3.8, 4) is 0 Å². The van der Waals surface area contributed by atoms with Gasteiger partial charge >= 0.3 is 0 Å². The first-order valence-corrected chi connectivity index (χ1v) is 7.31. The molecular weight excluding hydrogens is 365 g/mol. The zero-order valence-corrected chi connectivity index (χ0v) is 13.2. The van der Waals surface area contributed by atoms with Crippen molar-refractivity contribution in [2.45, 2.75) is 13.3 Å². The number of hydrogen-bond acceptors (Lipinski definition) is 3. The molecule has 1 amide bonds. The fourth-order valence-electron chi connectivity index (χ4n) is 1.68. The lowest BCUT2D eigenvalue weighted by atomic mass is 10.1. The van der Waals surface area contributed by atoms with E-state index in [-0.39, 0.29) is 5.91 Å². The van der Waals surface area contributed by atoms with Crippen LogP contribution in [0.4, 0.5) is 0 Å². The summed E-state index contributed by atoms with van der Waals surface area (Å²) in [6.45, 7) is 2.01. The summed E-state index contributed by atoms with van der Waals surface area (Å²) >= 11 is 2.26. The van der Waals surface area contributed by atoms with Gasteiger partial charge in [-0.25, -0.2) is 5.43 Å². The number of nitrogens with one attached hydrogen (secondary N) is 1. The molecule has 0 atom stereocenters. The molecule has 4 nitrogen and oxygen atoms in total. The Labute approximate surface area is 131 Å². The predicted octanol–water partition coefficient (Wildman–Crippen LogP) is 3.23. The largest absolute Gasteiger partial charge is 0.271 e. The molecule has 0 spiro atoms. The second-order valence-corrected chi connectivity index (χ2v) is 5.34. The average molecular weight is 379 g/mol. The van der Waals surface area contributed by atoms with Gasteiger partial charge in [-0.3, -0.25) is 9.78 Å². The van der Waals surface area contributed by atoms with Gasteiger partial charge in [-0.15, -0.1) is 0 Å². The minimum absolute atomic E-state index is 0.233. The lowest BCUT2D eigenvalue weighted by molar-refractivity contribution is 0.0954. The van der Waals surface area contributed by atoms with E-state index in [1.165, 1.54) is 3.57 Å². The molecular formula is C15H14IN3O. The van der Waals surface area contributed by atoms with Crippen LogP contribution in [-0.2, 0) is 0 Å². The third-order valence-corrected chi connectivity index (χ3v) is 3.47. The van der Waals surface area contributed by atoms with Crippen molar-refractivity contribution in [2.75, 3.05) is 0 Å². The Morgan fingerprint density at radius 2 is 1.80 bits per heavy atom. The van der Waals surface area contributed by atoms with Gasteiger partial charge < -0.3 is 0 Å². The van der Waals surface area contributed by atoms with Gasteiger partial charge in [-0.2, -0.15) is 5.10 Å². The molecule has 1 N–H and O–H groups in total. The van der Waals surface area contributed by atoms with Crippen molar-refractivity contribution in [2.24, 2.45) is 5.10 Å². The first kappa shape index (κ1) is 14.6. The Morgan fingerprint density at radius 1 is 1.15 bits per heavy atom. The molecule has 5 heteroatoms. The lowest BCUT2D eigenvalue weighted by Gasteiger charge is -2.05. The third-order valence-electron chi connectivity index (χ3n) is 2.75. The highest BCUT2D eigenvalue weighted by molar-refractivity contribution is 14.1. The highest BCUT2D eigenvalue weighted by Gasteiger charge is 2.05. The summed E-state index contributed by atoms with van der Waals surface area (Å²) in [5, 5.41) is 4.21. The highest BCUT2D eigenvalue weighted by atomic mass is 127. The highest BCUT2D eigenvalue weighted by Crippen LogP contribution is 2.09. The number of aromatic nitrogens is 1. The van der Waals surface area contributed by atoms with E-state index in [0.717, 1.165) is 17.7 Å². The number of rotatable bonds is 4. The van der Waals surface area contributed by atoms with Crippen molar-refractivity contribution in [1.82, 2.24) is 10.4 Å². The summed E-state index contributed by atoms with van der Waals surface area (Å²) in [5.74, 6) is -0.233. The van der Waals surface area contributed by atoms with Crippen molar-refractivity contribution in [3.63, 3.8) is 0 Å². The molecule has 0 bridgehead atoms. The minimum atomic E-state index is -0.233. The summed E-state index contributed by atoms with van der Waals surface area (Å²) in [4.78, 5) is 15.8. The summed E-state index contributed by atoms with van der Waals surface area (Å²) in [6, 6.07) is 11.4. The zero-order valence-electron chi connectivity index (χ0n) is 11.0. The van der Waals surface area contributed by atoms with Crippen LogP contribution in [0.5, 0.6) is 0 Å². The van der Waals surface area contributed by atoms with Gasteiger partial charge in [0.1, 0.15) is 0 Å². The molecule has 0 aliphatic carbocycles. The van der Waals surface area contributed by atoms with Crippen molar-refractivity contribution in [3.05, 3.63) is 63.5 Å². The SMILES string of the molecule is CCC(=NNC(=O)c1ccncc1)c1ccc(I)cc1. The zero-order chi connectivity index (χ0) is 14.4. The second kappa shape index (κ2) is 7.14. The number of carbonyl (C=O) groups excluding carboxylic acids is 1. The van der Waals surface area contributed by atoms with Crippen LogP contribution in [0.25, 0.3) is 0 Å². The molecule has 0 fully saturated rings. The number of hydrogen-bond donors (Lipinski definition) is 1. The molecule has 1 aromatic heterocycles. The molecule has 20 heavy (non-hydrogen) atoms. The van der Waals surface area contributed by atoms with Gasteiger partial charge in [0, 0.05) is 21.5 Å². The Bertz CT molecular complexity index is 609. The smallest absolute Gasteiger partial charge is 0.267 e. The molecule has 0 saturated carbocycles. The van der Waals surface area contributed by atoms with E-state index in [4.69, 9.17) is 0 Å². The van der Waals surface area contributed by atoms with E-state index in [1.54, 1.807) is 24.5 Å². The minimum Gasteiger partial charge on any atom is -0.267 e.